The number of rotatable bonds is 9. The number of ether oxygens (including phenoxy) is 2. The largest absolute Gasteiger partial charge is 0.481 e. The van der Waals surface area contributed by atoms with Crippen LogP contribution in [0, 0.1) is 0 Å². The van der Waals surface area contributed by atoms with Crippen molar-refractivity contribution >= 4 is 23.9 Å². The maximum Gasteiger partial charge on any atom is 0.347 e. The van der Waals surface area contributed by atoms with Crippen LogP contribution in [0.1, 0.15) is 19.8 Å². The first-order valence-electron chi connectivity index (χ1n) is 5.72. The van der Waals surface area contributed by atoms with Gasteiger partial charge in [0.2, 0.25) is 0 Å². The van der Waals surface area contributed by atoms with Crippen molar-refractivity contribution in [3.8, 4) is 0 Å². The third-order valence-electron chi connectivity index (χ3n) is 2.24. The van der Waals surface area contributed by atoms with Gasteiger partial charge in [-0.2, -0.15) is 0 Å². The standard InChI is InChI=1S/C11H16O10/c1-6(13)21-10(19)11(2-8(15)16,3-9(17)18)20-5-7(14)4-12/h7,12,14H,2-5H2,1H3,(H,15,16)(H,17,18). The van der Waals surface area contributed by atoms with Crippen molar-refractivity contribution in [2.45, 2.75) is 31.5 Å². The van der Waals surface area contributed by atoms with Gasteiger partial charge in [-0.1, -0.05) is 0 Å². The van der Waals surface area contributed by atoms with Gasteiger partial charge >= 0.3 is 23.9 Å². The smallest absolute Gasteiger partial charge is 0.347 e. The molecule has 10 heteroatoms. The maximum atomic E-state index is 11.8. The number of aliphatic hydroxyl groups excluding tert-OH is 2. The van der Waals surface area contributed by atoms with Gasteiger partial charge in [-0.05, 0) is 0 Å². The molecule has 0 aliphatic carbocycles. The van der Waals surface area contributed by atoms with E-state index < -0.39 is 61.6 Å². The summed E-state index contributed by atoms with van der Waals surface area (Å²) in [5.74, 6) is -5.72. The van der Waals surface area contributed by atoms with Crippen molar-refractivity contribution in [1.82, 2.24) is 0 Å². The number of esters is 2. The highest BCUT2D eigenvalue weighted by Gasteiger charge is 2.46. The van der Waals surface area contributed by atoms with E-state index in [2.05, 4.69) is 4.74 Å². The second-order valence-corrected chi connectivity index (χ2v) is 4.16. The lowest BCUT2D eigenvalue weighted by Gasteiger charge is -2.28. The molecular weight excluding hydrogens is 292 g/mol. The van der Waals surface area contributed by atoms with E-state index in [4.69, 9.17) is 25.2 Å². The van der Waals surface area contributed by atoms with Crippen LogP contribution in [-0.4, -0.2) is 69.2 Å². The Hall–Kier alpha value is -2.04. The van der Waals surface area contributed by atoms with Crippen molar-refractivity contribution in [3.63, 3.8) is 0 Å². The minimum absolute atomic E-state index is 0.718. The molecular formula is C11H16O10. The first kappa shape index (κ1) is 19.0. The summed E-state index contributed by atoms with van der Waals surface area (Å²) in [5.41, 5.74) is -2.49. The fourth-order valence-electron chi connectivity index (χ4n) is 1.39. The Morgan fingerprint density at radius 2 is 1.57 bits per heavy atom. The van der Waals surface area contributed by atoms with Gasteiger partial charge in [0, 0.05) is 6.92 Å². The topological polar surface area (TPSA) is 168 Å². The highest BCUT2D eigenvalue weighted by atomic mass is 16.6. The Kier molecular flexibility index (Phi) is 7.49. The first-order chi connectivity index (χ1) is 9.62. The summed E-state index contributed by atoms with van der Waals surface area (Å²) >= 11 is 0. The van der Waals surface area contributed by atoms with Gasteiger partial charge in [0.25, 0.3) is 0 Å². The van der Waals surface area contributed by atoms with Gasteiger partial charge < -0.3 is 29.9 Å². The van der Waals surface area contributed by atoms with Crippen LogP contribution in [0.3, 0.4) is 0 Å². The second-order valence-electron chi connectivity index (χ2n) is 4.16. The molecule has 0 bridgehead atoms. The van der Waals surface area contributed by atoms with E-state index in [0.717, 1.165) is 6.92 Å². The van der Waals surface area contributed by atoms with Crippen LogP contribution in [0.2, 0.25) is 0 Å². The van der Waals surface area contributed by atoms with Gasteiger partial charge in [-0.3, -0.25) is 14.4 Å². The number of hydrogen-bond acceptors (Lipinski definition) is 8. The average Bonchev–Trinajstić information content (AvgIpc) is 2.33. The molecule has 0 heterocycles. The molecule has 0 saturated carbocycles. The predicted octanol–water partition coefficient (Wildman–Crippen LogP) is -1.87. The molecule has 1 atom stereocenters. The second kappa shape index (κ2) is 8.29. The number of carboxylic acid groups (broad SMARTS) is 2. The number of aliphatic hydroxyl groups is 2. The summed E-state index contributed by atoms with van der Waals surface area (Å²) in [7, 11) is 0. The van der Waals surface area contributed by atoms with E-state index >= 15 is 0 Å². The molecule has 0 aliphatic rings. The van der Waals surface area contributed by atoms with Crippen LogP contribution in [0.5, 0.6) is 0 Å². The number of carboxylic acids is 2. The Morgan fingerprint density at radius 1 is 1.10 bits per heavy atom. The lowest BCUT2D eigenvalue weighted by molar-refractivity contribution is -0.190. The highest BCUT2D eigenvalue weighted by Crippen LogP contribution is 2.24. The van der Waals surface area contributed by atoms with Crippen LogP contribution in [0.4, 0.5) is 0 Å². The summed E-state index contributed by atoms with van der Waals surface area (Å²) in [6.45, 7) is -0.602. The van der Waals surface area contributed by atoms with Gasteiger partial charge in [0.1, 0.15) is 6.10 Å². The third-order valence-corrected chi connectivity index (χ3v) is 2.24. The predicted molar refractivity (Wildman–Crippen MR) is 63.1 cm³/mol. The van der Waals surface area contributed by atoms with Crippen molar-refractivity contribution < 1.29 is 49.1 Å². The zero-order valence-electron chi connectivity index (χ0n) is 11.1. The Labute approximate surface area is 118 Å². The third kappa shape index (κ3) is 6.79. The lowest BCUT2D eigenvalue weighted by Crippen LogP contribution is -2.48. The van der Waals surface area contributed by atoms with E-state index in [0.29, 0.717) is 0 Å². The van der Waals surface area contributed by atoms with Crippen LogP contribution >= 0.6 is 0 Å². The van der Waals surface area contributed by atoms with Crippen LogP contribution in [0.25, 0.3) is 0 Å². The molecule has 21 heavy (non-hydrogen) atoms. The van der Waals surface area contributed by atoms with E-state index in [1.54, 1.807) is 0 Å². The van der Waals surface area contributed by atoms with Crippen molar-refractivity contribution in [1.29, 1.82) is 0 Å². The summed E-state index contributed by atoms with van der Waals surface area (Å²) in [5, 5.41) is 35.4. The Morgan fingerprint density at radius 3 is 1.90 bits per heavy atom. The normalized spacial score (nSPS) is 12.5. The van der Waals surface area contributed by atoms with Crippen LogP contribution < -0.4 is 0 Å². The molecule has 0 spiro atoms. The van der Waals surface area contributed by atoms with Crippen LogP contribution in [-0.2, 0) is 28.7 Å². The molecule has 0 fully saturated rings. The SMILES string of the molecule is CC(=O)OC(=O)C(CC(=O)O)(CC(=O)O)OCC(O)CO. The fourth-order valence-corrected chi connectivity index (χ4v) is 1.39. The molecule has 0 aromatic rings. The molecule has 120 valence electrons. The van der Waals surface area contributed by atoms with Crippen LogP contribution in [0.15, 0.2) is 0 Å². The summed E-state index contributed by atoms with van der Waals surface area (Å²) in [6, 6.07) is 0. The highest BCUT2D eigenvalue weighted by molar-refractivity contribution is 5.94. The zero-order chi connectivity index (χ0) is 16.6. The molecule has 0 rings (SSSR count). The monoisotopic (exact) mass is 308 g/mol. The zero-order valence-corrected chi connectivity index (χ0v) is 11.1. The van der Waals surface area contributed by atoms with E-state index in [1.165, 1.54) is 0 Å². The van der Waals surface area contributed by atoms with Gasteiger partial charge in [-0.25, -0.2) is 4.79 Å². The quantitative estimate of drug-likeness (QED) is 0.280. The fraction of sp³-hybridized carbons (Fsp3) is 0.636. The molecule has 0 amide bonds. The minimum Gasteiger partial charge on any atom is -0.481 e. The molecule has 0 saturated heterocycles. The minimum atomic E-state index is -2.49. The molecule has 1 unspecified atom stereocenters. The number of carbonyl (C=O) groups excluding carboxylic acids is 2. The number of carbonyl (C=O) groups is 4. The molecule has 0 aromatic carbocycles. The number of hydrogen-bond donors (Lipinski definition) is 4. The van der Waals surface area contributed by atoms with E-state index in [-0.39, 0.29) is 0 Å². The van der Waals surface area contributed by atoms with E-state index in [1.807, 2.05) is 0 Å². The molecule has 0 radical (unpaired) electrons. The molecule has 4 N–H and O–H groups in total. The van der Waals surface area contributed by atoms with Crippen molar-refractivity contribution in [2.75, 3.05) is 13.2 Å². The van der Waals surface area contributed by atoms with Gasteiger partial charge in [-0.15, -0.1) is 0 Å². The summed E-state index contributed by atoms with van der Waals surface area (Å²) < 4.78 is 9.08. The maximum absolute atomic E-state index is 11.8. The van der Waals surface area contributed by atoms with Gasteiger partial charge in [0.05, 0.1) is 26.1 Å². The Balaban J connectivity index is 5.38. The van der Waals surface area contributed by atoms with Crippen molar-refractivity contribution in [3.05, 3.63) is 0 Å². The first-order valence-corrected chi connectivity index (χ1v) is 5.72. The molecule has 10 nitrogen and oxygen atoms in total. The summed E-state index contributed by atoms with van der Waals surface area (Å²) in [4.78, 5) is 44.2. The molecule has 0 aliphatic heterocycles. The van der Waals surface area contributed by atoms with Crippen molar-refractivity contribution in [2.24, 2.45) is 0 Å². The van der Waals surface area contributed by atoms with E-state index in [9.17, 15) is 19.2 Å². The Bertz CT molecular complexity index is 399. The molecule has 0 aromatic heterocycles. The summed E-state index contributed by atoms with van der Waals surface area (Å²) in [6.07, 6.45) is -3.65. The van der Waals surface area contributed by atoms with Gasteiger partial charge in [0.15, 0.2) is 5.60 Å². The number of aliphatic carboxylic acids is 2. The lowest BCUT2D eigenvalue weighted by atomic mass is 9.95. The average molecular weight is 308 g/mol.